The molecule has 3 aromatic carbocycles. The predicted molar refractivity (Wildman–Crippen MR) is 105 cm³/mol. The van der Waals surface area contributed by atoms with Gasteiger partial charge in [0.2, 0.25) is 0 Å². The zero-order valence-corrected chi connectivity index (χ0v) is 15.0. The van der Waals surface area contributed by atoms with Crippen molar-refractivity contribution >= 4 is 24.2 Å². The van der Waals surface area contributed by atoms with Gasteiger partial charge in [0.05, 0.1) is 0 Å². The van der Waals surface area contributed by atoms with E-state index >= 15 is 0 Å². The molecule has 24 heavy (non-hydrogen) atoms. The summed E-state index contributed by atoms with van der Waals surface area (Å²) in [7, 11) is 0. The third-order valence-electron chi connectivity index (χ3n) is 3.95. The monoisotopic (exact) mass is 353 g/mol. The Balaban J connectivity index is 1.64. The van der Waals surface area contributed by atoms with Crippen LogP contribution in [0.15, 0.2) is 77.7 Å². The molecule has 0 aliphatic carbocycles. The molecule has 0 amide bonds. The highest BCUT2D eigenvalue weighted by molar-refractivity contribution is 7.80. The van der Waals surface area contributed by atoms with Crippen LogP contribution in [-0.4, -0.2) is 0 Å². The van der Waals surface area contributed by atoms with Crippen molar-refractivity contribution in [3.05, 3.63) is 100 Å². The Labute approximate surface area is 154 Å². The third-order valence-corrected chi connectivity index (χ3v) is 4.64. The highest BCUT2D eigenvalue weighted by Gasteiger charge is 2.03. The van der Waals surface area contributed by atoms with Crippen molar-refractivity contribution < 1.29 is 0 Å². The van der Waals surface area contributed by atoms with Gasteiger partial charge in [0.25, 0.3) is 0 Å². The fourth-order valence-corrected chi connectivity index (χ4v) is 3.01. The van der Waals surface area contributed by atoms with Crippen molar-refractivity contribution in [1.29, 1.82) is 0 Å². The van der Waals surface area contributed by atoms with Crippen LogP contribution in [0.5, 0.6) is 0 Å². The smallest absolute Gasteiger partial charge is 0.0406 e. The summed E-state index contributed by atoms with van der Waals surface area (Å²) in [5, 5.41) is 4.26. The topological polar surface area (TPSA) is 12.0 Å². The van der Waals surface area contributed by atoms with E-state index < -0.39 is 0 Å². The lowest BCUT2D eigenvalue weighted by atomic mass is 10.0. The molecule has 0 fully saturated rings. The van der Waals surface area contributed by atoms with Crippen molar-refractivity contribution in [2.75, 3.05) is 0 Å². The van der Waals surface area contributed by atoms with Crippen molar-refractivity contribution in [2.24, 2.45) is 0 Å². The van der Waals surface area contributed by atoms with Gasteiger partial charge in [-0.2, -0.15) is 0 Å². The van der Waals surface area contributed by atoms with E-state index in [-0.39, 0.29) is 0 Å². The van der Waals surface area contributed by atoms with Crippen LogP contribution in [0.2, 0.25) is 5.02 Å². The first-order chi connectivity index (χ1) is 11.7. The molecule has 0 aliphatic rings. The molecule has 0 spiro atoms. The Hall–Kier alpha value is -1.74. The summed E-state index contributed by atoms with van der Waals surface area (Å²) in [6.07, 6.45) is 0.900. The molecule has 0 aromatic heterocycles. The molecular formula is C21H20ClNS. The van der Waals surface area contributed by atoms with Crippen molar-refractivity contribution in [3.63, 3.8) is 0 Å². The maximum Gasteiger partial charge on any atom is 0.0406 e. The second-order valence-electron chi connectivity index (χ2n) is 5.86. The lowest BCUT2D eigenvalue weighted by Crippen LogP contribution is -2.13. The normalized spacial score (nSPS) is 10.8. The number of halogens is 1. The fraction of sp³-hybridized carbons (Fsp3) is 0.143. The molecule has 3 heteroatoms. The standard InChI is InChI=1S/C21H20ClNS/c22-20-9-6-16(7-10-20)12-18-8-11-21(24)19(13-18)15-23-14-17-4-2-1-3-5-17/h1-11,13,23-24H,12,14-15H2. The minimum Gasteiger partial charge on any atom is -0.309 e. The molecule has 122 valence electrons. The summed E-state index contributed by atoms with van der Waals surface area (Å²) in [5.41, 5.74) is 5.05. The summed E-state index contributed by atoms with van der Waals surface area (Å²) in [6, 6.07) is 24.9. The van der Waals surface area contributed by atoms with E-state index in [9.17, 15) is 0 Å². The Morgan fingerprint density at radius 3 is 2.21 bits per heavy atom. The number of rotatable bonds is 6. The van der Waals surface area contributed by atoms with Crippen LogP contribution < -0.4 is 5.32 Å². The molecule has 0 atom stereocenters. The van der Waals surface area contributed by atoms with Crippen LogP contribution in [0.3, 0.4) is 0 Å². The highest BCUT2D eigenvalue weighted by atomic mass is 35.5. The molecule has 0 aliphatic heterocycles. The summed E-state index contributed by atoms with van der Waals surface area (Å²) in [4.78, 5) is 1.02. The molecule has 0 saturated carbocycles. The molecule has 1 nitrogen and oxygen atoms in total. The first kappa shape index (κ1) is 17.1. The Morgan fingerprint density at radius 2 is 1.46 bits per heavy atom. The minimum absolute atomic E-state index is 0.773. The Kier molecular flexibility index (Phi) is 5.97. The highest BCUT2D eigenvalue weighted by Crippen LogP contribution is 2.19. The minimum atomic E-state index is 0.773. The van der Waals surface area contributed by atoms with Crippen LogP contribution in [0.4, 0.5) is 0 Å². The van der Waals surface area contributed by atoms with Gasteiger partial charge in [-0.15, -0.1) is 12.6 Å². The van der Waals surface area contributed by atoms with Gasteiger partial charge in [-0.05, 0) is 46.9 Å². The average molecular weight is 354 g/mol. The number of thiol groups is 1. The van der Waals surface area contributed by atoms with Gasteiger partial charge in [0.1, 0.15) is 0 Å². The van der Waals surface area contributed by atoms with Gasteiger partial charge in [-0.3, -0.25) is 0 Å². The van der Waals surface area contributed by atoms with Crippen LogP contribution in [0, 0.1) is 0 Å². The van der Waals surface area contributed by atoms with Gasteiger partial charge in [0, 0.05) is 23.0 Å². The first-order valence-electron chi connectivity index (χ1n) is 8.00. The van der Waals surface area contributed by atoms with E-state index in [1.807, 2.05) is 18.2 Å². The van der Waals surface area contributed by atoms with Crippen LogP contribution in [0.25, 0.3) is 0 Å². The average Bonchev–Trinajstić information content (AvgIpc) is 2.60. The maximum atomic E-state index is 5.95. The zero-order valence-electron chi connectivity index (χ0n) is 13.4. The van der Waals surface area contributed by atoms with Gasteiger partial charge >= 0.3 is 0 Å². The number of benzene rings is 3. The van der Waals surface area contributed by atoms with E-state index in [1.54, 1.807) is 0 Å². The number of nitrogens with one attached hydrogen (secondary N) is 1. The van der Waals surface area contributed by atoms with E-state index in [0.29, 0.717) is 0 Å². The van der Waals surface area contributed by atoms with Crippen molar-refractivity contribution in [3.8, 4) is 0 Å². The van der Waals surface area contributed by atoms with E-state index in [1.165, 1.54) is 22.3 Å². The Morgan fingerprint density at radius 1 is 0.750 bits per heavy atom. The molecule has 0 heterocycles. The number of hydrogen-bond acceptors (Lipinski definition) is 2. The SMILES string of the molecule is Sc1ccc(Cc2ccc(Cl)cc2)cc1CNCc1ccccc1. The molecule has 3 rings (SSSR count). The quantitative estimate of drug-likeness (QED) is 0.557. The van der Waals surface area contributed by atoms with Crippen LogP contribution >= 0.6 is 24.2 Å². The summed E-state index contributed by atoms with van der Waals surface area (Å²) in [5.74, 6) is 0. The lowest BCUT2D eigenvalue weighted by molar-refractivity contribution is 0.685. The largest absolute Gasteiger partial charge is 0.309 e. The molecule has 0 bridgehead atoms. The summed E-state index contributed by atoms with van der Waals surface area (Å²) >= 11 is 10.5. The first-order valence-corrected chi connectivity index (χ1v) is 8.83. The van der Waals surface area contributed by atoms with Crippen LogP contribution in [0.1, 0.15) is 22.3 Å². The van der Waals surface area contributed by atoms with E-state index in [0.717, 1.165) is 29.4 Å². The summed E-state index contributed by atoms with van der Waals surface area (Å²) < 4.78 is 0. The maximum absolute atomic E-state index is 5.95. The van der Waals surface area contributed by atoms with Crippen LogP contribution in [-0.2, 0) is 19.5 Å². The number of hydrogen-bond donors (Lipinski definition) is 2. The van der Waals surface area contributed by atoms with Gasteiger partial charge in [-0.25, -0.2) is 0 Å². The third kappa shape index (κ3) is 4.88. The zero-order chi connectivity index (χ0) is 16.8. The van der Waals surface area contributed by atoms with Gasteiger partial charge in [0.15, 0.2) is 0 Å². The molecule has 0 radical (unpaired) electrons. The second-order valence-corrected chi connectivity index (χ2v) is 6.77. The second kappa shape index (κ2) is 8.39. The molecule has 3 aromatic rings. The molecular weight excluding hydrogens is 334 g/mol. The van der Waals surface area contributed by atoms with E-state index in [4.69, 9.17) is 11.6 Å². The predicted octanol–water partition coefficient (Wildman–Crippen LogP) is 5.51. The molecule has 1 N–H and O–H groups in total. The fourth-order valence-electron chi connectivity index (χ4n) is 2.67. The summed E-state index contributed by atoms with van der Waals surface area (Å²) in [6.45, 7) is 1.66. The van der Waals surface area contributed by atoms with Crippen molar-refractivity contribution in [2.45, 2.75) is 24.4 Å². The van der Waals surface area contributed by atoms with Gasteiger partial charge < -0.3 is 5.32 Å². The molecule has 0 saturated heterocycles. The lowest BCUT2D eigenvalue weighted by Gasteiger charge is -2.10. The Bertz CT molecular complexity index is 785. The van der Waals surface area contributed by atoms with Gasteiger partial charge in [-0.1, -0.05) is 66.2 Å². The van der Waals surface area contributed by atoms with E-state index in [2.05, 4.69) is 72.5 Å². The molecule has 0 unspecified atom stereocenters. The van der Waals surface area contributed by atoms with Crippen molar-refractivity contribution in [1.82, 2.24) is 5.32 Å².